The van der Waals surface area contributed by atoms with Gasteiger partial charge in [-0.05, 0) is 57.5 Å². The standard InChI is InChI=1S/C21H24O5S/c1-13(2)26-19-8-6-16(11-20(19)24-5)7-9-21(23)25-12-18(22)17-10-14(3)27-15(17)4/h6-11,13H,12H2,1-5H3/b9-7+. The van der Waals surface area contributed by atoms with Crippen LogP contribution in [0.25, 0.3) is 6.08 Å². The van der Waals surface area contributed by atoms with Crippen LogP contribution in [0.5, 0.6) is 11.5 Å². The molecule has 0 aliphatic heterocycles. The normalized spacial score (nSPS) is 11.0. The second-order valence-corrected chi connectivity index (χ2v) is 7.73. The summed E-state index contributed by atoms with van der Waals surface area (Å²) in [5.41, 5.74) is 1.37. The van der Waals surface area contributed by atoms with Gasteiger partial charge in [-0.3, -0.25) is 4.79 Å². The molecule has 1 aromatic carbocycles. The Morgan fingerprint density at radius 2 is 1.89 bits per heavy atom. The van der Waals surface area contributed by atoms with Crippen LogP contribution in [0.1, 0.15) is 39.5 Å². The first-order valence-electron chi connectivity index (χ1n) is 8.60. The van der Waals surface area contributed by atoms with Crippen LogP contribution in [0.15, 0.2) is 30.3 Å². The van der Waals surface area contributed by atoms with E-state index in [4.69, 9.17) is 14.2 Å². The highest BCUT2D eigenvalue weighted by Gasteiger charge is 2.13. The van der Waals surface area contributed by atoms with Crippen molar-refractivity contribution in [2.75, 3.05) is 13.7 Å². The minimum absolute atomic E-state index is 0.0310. The van der Waals surface area contributed by atoms with Gasteiger partial charge in [0.2, 0.25) is 5.78 Å². The van der Waals surface area contributed by atoms with Crippen molar-refractivity contribution in [3.05, 3.63) is 51.2 Å². The summed E-state index contributed by atoms with van der Waals surface area (Å²) in [6.07, 6.45) is 2.93. The maximum atomic E-state index is 12.1. The van der Waals surface area contributed by atoms with Gasteiger partial charge in [-0.2, -0.15) is 0 Å². The Morgan fingerprint density at radius 1 is 1.15 bits per heavy atom. The van der Waals surface area contributed by atoms with E-state index < -0.39 is 5.97 Å². The maximum absolute atomic E-state index is 12.1. The molecular formula is C21H24O5S. The molecule has 1 aromatic heterocycles. The van der Waals surface area contributed by atoms with Crippen molar-refractivity contribution in [3.8, 4) is 11.5 Å². The van der Waals surface area contributed by atoms with Gasteiger partial charge < -0.3 is 14.2 Å². The fraction of sp³-hybridized carbons (Fsp3) is 0.333. The van der Waals surface area contributed by atoms with Gasteiger partial charge in [-0.15, -0.1) is 11.3 Å². The van der Waals surface area contributed by atoms with Crippen LogP contribution in [-0.4, -0.2) is 31.6 Å². The van der Waals surface area contributed by atoms with E-state index in [0.717, 1.165) is 15.3 Å². The molecule has 27 heavy (non-hydrogen) atoms. The molecule has 0 bridgehead atoms. The summed E-state index contributed by atoms with van der Waals surface area (Å²) in [4.78, 5) is 26.0. The molecule has 0 aliphatic rings. The van der Waals surface area contributed by atoms with Crippen molar-refractivity contribution in [3.63, 3.8) is 0 Å². The van der Waals surface area contributed by atoms with Gasteiger partial charge in [0.05, 0.1) is 13.2 Å². The molecule has 2 rings (SSSR count). The summed E-state index contributed by atoms with van der Waals surface area (Å²) < 4.78 is 16.0. The first-order valence-corrected chi connectivity index (χ1v) is 9.41. The number of ether oxygens (including phenoxy) is 3. The maximum Gasteiger partial charge on any atom is 0.331 e. The largest absolute Gasteiger partial charge is 0.493 e. The molecule has 0 aliphatic carbocycles. The first kappa shape index (κ1) is 20.7. The van der Waals surface area contributed by atoms with Crippen molar-refractivity contribution in [2.24, 2.45) is 0 Å². The minimum atomic E-state index is -0.575. The summed E-state index contributed by atoms with van der Waals surface area (Å²) in [6.45, 7) is 7.42. The smallest absolute Gasteiger partial charge is 0.331 e. The van der Waals surface area contributed by atoms with E-state index in [1.165, 1.54) is 6.08 Å². The van der Waals surface area contributed by atoms with Gasteiger partial charge in [0, 0.05) is 21.4 Å². The zero-order chi connectivity index (χ0) is 20.0. The van der Waals surface area contributed by atoms with E-state index in [-0.39, 0.29) is 18.5 Å². The lowest BCUT2D eigenvalue weighted by Crippen LogP contribution is -2.12. The third-order valence-electron chi connectivity index (χ3n) is 3.65. The Balaban J connectivity index is 1.96. The van der Waals surface area contributed by atoms with Crippen molar-refractivity contribution >= 4 is 29.2 Å². The van der Waals surface area contributed by atoms with Crippen LogP contribution >= 0.6 is 11.3 Å². The molecule has 0 radical (unpaired) electrons. The number of hydrogen-bond donors (Lipinski definition) is 0. The number of methoxy groups -OCH3 is 1. The third kappa shape index (κ3) is 5.96. The molecule has 0 unspecified atom stereocenters. The number of Topliss-reactive ketones (excluding diaryl/α,β-unsaturated/α-hetero) is 1. The van der Waals surface area contributed by atoms with Gasteiger partial charge in [0.1, 0.15) is 0 Å². The van der Waals surface area contributed by atoms with E-state index in [1.54, 1.807) is 36.7 Å². The summed E-state index contributed by atoms with van der Waals surface area (Å²) in [5.74, 6) is 0.446. The SMILES string of the molecule is COc1cc(/C=C/C(=O)OCC(=O)c2cc(C)sc2C)ccc1OC(C)C. The molecular weight excluding hydrogens is 364 g/mol. The predicted octanol–water partition coefficient (Wildman–Crippen LogP) is 4.60. The molecule has 0 spiro atoms. The van der Waals surface area contributed by atoms with Gasteiger partial charge in [0.15, 0.2) is 18.1 Å². The molecule has 5 nitrogen and oxygen atoms in total. The molecule has 6 heteroatoms. The highest BCUT2D eigenvalue weighted by Crippen LogP contribution is 2.29. The molecule has 0 fully saturated rings. The monoisotopic (exact) mass is 388 g/mol. The highest BCUT2D eigenvalue weighted by atomic mass is 32.1. The van der Waals surface area contributed by atoms with Crippen molar-refractivity contribution in [1.82, 2.24) is 0 Å². The topological polar surface area (TPSA) is 61.8 Å². The van der Waals surface area contributed by atoms with E-state index in [2.05, 4.69) is 0 Å². The number of ketones is 1. The number of thiophene rings is 1. The van der Waals surface area contributed by atoms with Crippen LogP contribution in [0.4, 0.5) is 0 Å². The first-order chi connectivity index (χ1) is 12.8. The molecule has 0 saturated heterocycles. The average Bonchev–Trinajstić information content (AvgIpc) is 2.96. The van der Waals surface area contributed by atoms with Crippen molar-refractivity contribution in [2.45, 2.75) is 33.8 Å². The summed E-state index contributed by atoms with van der Waals surface area (Å²) in [5, 5.41) is 0. The summed E-state index contributed by atoms with van der Waals surface area (Å²) in [6, 6.07) is 7.19. The zero-order valence-electron chi connectivity index (χ0n) is 16.2. The summed E-state index contributed by atoms with van der Waals surface area (Å²) >= 11 is 1.55. The van der Waals surface area contributed by atoms with E-state index in [0.29, 0.717) is 17.1 Å². The molecule has 0 N–H and O–H groups in total. The second-order valence-electron chi connectivity index (χ2n) is 6.27. The number of carbonyl (C=O) groups is 2. The number of carbonyl (C=O) groups excluding carboxylic acids is 2. The fourth-order valence-corrected chi connectivity index (χ4v) is 3.42. The molecule has 1 heterocycles. The number of hydrogen-bond acceptors (Lipinski definition) is 6. The Bertz CT molecular complexity index is 848. The lowest BCUT2D eigenvalue weighted by Gasteiger charge is -2.13. The Kier molecular flexibility index (Phi) is 7.19. The lowest BCUT2D eigenvalue weighted by atomic mass is 10.1. The molecule has 144 valence electrons. The third-order valence-corrected chi connectivity index (χ3v) is 4.62. The molecule has 0 saturated carbocycles. The van der Waals surface area contributed by atoms with Crippen LogP contribution in [0.3, 0.4) is 0 Å². The molecule has 0 atom stereocenters. The molecule has 0 amide bonds. The van der Waals surface area contributed by atoms with Crippen LogP contribution in [0, 0.1) is 13.8 Å². The number of aryl methyl sites for hydroxylation is 2. The van der Waals surface area contributed by atoms with Gasteiger partial charge in [-0.1, -0.05) is 6.07 Å². The van der Waals surface area contributed by atoms with E-state index >= 15 is 0 Å². The van der Waals surface area contributed by atoms with Crippen LogP contribution in [-0.2, 0) is 9.53 Å². The zero-order valence-corrected chi connectivity index (χ0v) is 17.0. The predicted molar refractivity (Wildman–Crippen MR) is 107 cm³/mol. The van der Waals surface area contributed by atoms with Crippen LogP contribution in [0.2, 0.25) is 0 Å². The summed E-state index contributed by atoms with van der Waals surface area (Å²) in [7, 11) is 1.56. The Labute approximate surface area is 163 Å². The molecule has 2 aromatic rings. The number of esters is 1. The van der Waals surface area contributed by atoms with E-state index in [9.17, 15) is 9.59 Å². The fourth-order valence-electron chi connectivity index (χ4n) is 2.47. The Hall–Kier alpha value is -2.60. The number of rotatable bonds is 8. The minimum Gasteiger partial charge on any atom is -0.493 e. The van der Waals surface area contributed by atoms with Gasteiger partial charge >= 0.3 is 5.97 Å². The van der Waals surface area contributed by atoms with Gasteiger partial charge in [0.25, 0.3) is 0 Å². The van der Waals surface area contributed by atoms with Gasteiger partial charge in [-0.25, -0.2) is 4.79 Å². The highest BCUT2D eigenvalue weighted by molar-refractivity contribution is 7.12. The van der Waals surface area contributed by atoms with Crippen molar-refractivity contribution < 1.29 is 23.8 Å². The number of benzene rings is 1. The average molecular weight is 388 g/mol. The second kappa shape index (κ2) is 9.37. The lowest BCUT2D eigenvalue weighted by molar-refractivity contribution is -0.136. The van der Waals surface area contributed by atoms with Crippen LogP contribution < -0.4 is 9.47 Å². The van der Waals surface area contributed by atoms with Crippen molar-refractivity contribution in [1.29, 1.82) is 0 Å². The van der Waals surface area contributed by atoms with E-state index in [1.807, 2.05) is 39.8 Å². The Morgan fingerprint density at radius 3 is 2.48 bits per heavy atom. The quantitative estimate of drug-likeness (QED) is 0.376.